The number of benzene rings is 1. The van der Waals surface area contributed by atoms with Crippen molar-refractivity contribution in [3.05, 3.63) is 59.9 Å². The van der Waals surface area contributed by atoms with Gasteiger partial charge >= 0.3 is 0 Å². The number of pyridine rings is 1. The number of amides is 2. The molecule has 136 valence electrons. The van der Waals surface area contributed by atoms with Gasteiger partial charge in [0.2, 0.25) is 11.8 Å². The number of aromatic nitrogens is 1. The van der Waals surface area contributed by atoms with Gasteiger partial charge in [-0.3, -0.25) is 14.6 Å². The van der Waals surface area contributed by atoms with Gasteiger partial charge in [0, 0.05) is 30.6 Å². The maximum absolute atomic E-state index is 12.5. The normalized spacial score (nSPS) is 17.2. The molecule has 0 saturated carbocycles. The Morgan fingerprint density at radius 3 is 2.77 bits per heavy atom. The Morgan fingerprint density at radius 2 is 2.08 bits per heavy atom. The molecule has 1 aliphatic heterocycles. The maximum Gasteiger partial charge on any atom is 0.225 e. The van der Waals surface area contributed by atoms with Crippen LogP contribution in [0.25, 0.3) is 0 Å². The van der Waals surface area contributed by atoms with Crippen molar-refractivity contribution in [3.8, 4) is 0 Å². The lowest BCUT2D eigenvalue weighted by Crippen LogP contribution is -2.45. The SMILES string of the molecule is CSc1ccc(CNC(=O)C2CCC(=O)N(Cc3ccccn3)C2)cc1. The molecule has 1 unspecified atom stereocenters. The summed E-state index contributed by atoms with van der Waals surface area (Å²) in [6, 6.07) is 13.8. The van der Waals surface area contributed by atoms with Gasteiger partial charge in [-0.2, -0.15) is 0 Å². The number of rotatable bonds is 6. The molecule has 6 heteroatoms. The van der Waals surface area contributed by atoms with Crippen LogP contribution in [0.1, 0.15) is 24.1 Å². The van der Waals surface area contributed by atoms with Gasteiger partial charge in [0.05, 0.1) is 18.2 Å². The first-order chi connectivity index (χ1) is 12.7. The molecule has 2 amide bonds. The van der Waals surface area contributed by atoms with Crippen molar-refractivity contribution in [2.45, 2.75) is 30.8 Å². The number of hydrogen-bond acceptors (Lipinski definition) is 4. The third-order valence-electron chi connectivity index (χ3n) is 4.58. The minimum Gasteiger partial charge on any atom is -0.352 e. The van der Waals surface area contributed by atoms with Gasteiger partial charge in [0.15, 0.2) is 0 Å². The quantitative estimate of drug-likeness (QED) is 0.796. The van der Waals surface area contributed by atoms with Crippen molar-refractivity contribution in [2.24, 2.45) is 5.92 Å². The van der Waals surface area contributed by atoms with E-state index in [0.29, 0.717) is 32.5 Å². The van der Waals surface area contributed by atoms with Crippen molar-refractivity contribution in [1.29, 1.82) is 0 Å². The number of likely N-dealkylation sites (tertiary alicyclic amines) is 1. The topological polar surface area (TPSA) is 62.3 Å². The highest BCUT2D eigenvalue weighted by atomic mass is 32.2. The van der Waals surface area contributed by atoms with Gasteiger partial charge in [0.25, 0.3) is 0 Å². The highest BCUT2D eigenvalue weighted by molar-refractivity contribution is 7.98. The summed E-state index contributed by atoms with van der Waals surface area (Å²) < 4.78 is 0. The van der Waals surface area contributed by atoms with E-state index in [1.165, 1.54) is 4.90 Å². The largest absolute Gasteiger partial charge is 0.352 e. The van der Waals surface area contributed by atoms with E-state index in [1.807, 2.05) is 36.6 Å². The fourth-order valence-corrected chi connectivity index (χ4v) is 3.45. The van der Waals surface area contributed by atoms with Crippen LogP contribution in [0, 0.1) is 5.92 Å². The zero-order valence-electron chi connectivity index (χ0n) is 14.9. The molecule has 1 saturated heterocycles. The van der Waals surface area contributed by atoms with Crippen LogP contribution in [0.3, 0.4) is 0 Å². The Morgan fingerprint density at radius 1 is 1.27 bits per heavy atom. The smallest absolute Gasteiger partial charge is 0.225 e. The summed E-state index contributed by atoms with van der Waals surface area (Å²) in [4.78, 5) is 31.9. The molecule has 1 fully saturated rings. The molecule has 5 nitrogen and oxygen atoms in total. The highest BCUT2D eigenvalue weighted by Crippen LogP contribution is 2.20. The Balaban J connectivity index is 1.54. The molecule has 3 rings (SSSR count). The van der Waals surface area contributed by atoms with Crippen molar-refractivity contribution >= 4 is 23.6 Å². The number of carbonyl (C=O) groups excluding carboxylic acids is 2. The van der Waals surface area contributed by atoms with E-state index >= 15 is 0 Å². The van der Waals surface area contributed by atoms with Crippen LogP contribution in [0.15, 0.2) is 53.6 Å². The summed E-state index contributed by atoms with van der Waals surface area (Å²) >= 11 is 1.70. The zero-order chi connectivity index (χ0) is 18.4. The van der Waals surface area contributed by atoms with Gasteiger partial charge in [-0.25, -0.2) is 0 Å². The van der Waals surface area contributed by atoms with Crippen LogP contribution >= 0.6 is 11.8 Å². The molecule has 2 aromatic rings. The fourth-order valence-electron chi connectivity index (χ4n) is 3.05. The lowest BCUT2D eigenvalue weighted by molar-refractivity contribution is -0.139. The zero-order valence-corrected chi connectivity index (χ0v) is 15.7. The lowest BCUT2D eigenvalue weighted by Gasteiger charge is -2.31. The number of hydrogen-bond donors (Lipinski definition) is 1. The van der Waals surface area contributed by atoms with Crippen LogP contribution in [0.5, 0.6) is 0 Å². The summed E-state index contributed by atoms with van der Waals surface area (Å²) in [6.07, 6.45) is 4.77. The van der Waals surface area contributed by atoms with E-state index in [9.17, 15) is 9.59 Å². The molecule has 1 atom stereocenters. The van der Waals surface area contributed by atoms with Gasteiger partial charge in [0.1, 0.15) is 0 Å². The number of nitrogens with zero attached hydrogens (tertiary/aromatic N) is 2. The Bertz CT molecular complexity index is 749. The van der Waals surface area contributed by atoms with Gasteiger partial charge in [-0.1, -0.05) is 18.2 Å². The van der Waals surface area contributed by atoms with Crippen molar-refractivity contribution in [3.63, 3.8) is 0 Å². The molecule has 1 N–H and O–H groups in total. The van der Waals surface area contributed by atoms with Crippen molar-refractivity contribution < 1.29 is 9.59 Å². The summed E-state index contributed by atoms with van der Waals surface area (Å²) in [5, 5.41) is 3.01. The average Bonchev–Trinajstić information content (AvgIpc) is 2.69. The molecule has 0 spiro atoms. The lowest BCUT2D eigenvalue weighted by atomic mass is 9.96. The molecular formula is C20H23N3O2S. The standard InChI is InChI=1S/C20H23N3O2S/c1-26-18-8-5-15(6-9-18)12-22-20(25)16-7-10-19(24)23(13-16)14-17-4-2-3-11-21-17/h2-6,8-9,11,16H,7,10,12-14H2,1H3,(H,22,25). The summed E-state index contributed by atoms with van der Waals surface area (Å²) in [6.45, 7) is 1.42. The van der Waals surface area contributed by atoms with E-state index < -0.39 is 0 Å². The summed E-state index contributed by atoms with van der Waals surface area (Å²) in [5.74, 6) is -0.0632. The van der Waals surface area contributed by atoms with Gasteiger partial charge in [-0.05, 0) is 42.5 Å². The first-order valence-electron chi connectivity index (χ1n) is 8.74. The second-order valence-electron chi connectivity index (χ2n) is 6.40. The van der Waals surface area contributed by atoms with E-state index in [-0.39, 0.29) is 17.7 Å². The molecule has 1 aromatic carbocycles. The van der Waals surface area contributed by atoms with Crippen LogP contribution in [0.2, 0.25) is 0 Å². The third kappa shape index (κ3) is 4.85. The highest BCUT2D eigenvalue weighted by Gasteiger charge is 2.30. The summed E-state index contributed by atoms with van der Waals surface area (Å²) in [7, 11) is 0. The molecule has 1 aliphatic rings. The average molecular weight is 369 g/mol. The van der Waals surface area contributed by atoms with E-state index in [4.69, 9.17) is 0 Å². The predicted octanol–water partition coefficient (Wildman–Crippen LogP) is 2.86. The Hall–Kier alpha value is -2.34. The monoisotopic (exact) mass is 369 g/mol. The third-order valence-corrected chi connectivity index (χ3v) is 5.32. The van der Waals surface area contributed by atoms with Crippen LogP contribution in [-0.2, 0) is 22.7 Å². The predicted molar refractivity (Wildman–Crippen MR) is 102 cm³/mol. The van der Waals surface area contributed by atoms with Crippen molar-refractivity contribution in [1.82, 2.24) is 15.2 Å². The van der Waals surface area contributed by atoms with E-state index in [2.05, 4.69) is 22.4 Å². The van der Waals surface area contributed by atoms with E-state index in [0.717, 1.165) is 11.3 Å². The second kappa shape index (κ2) is 8.85. The van der Waals surface area contributed by atoms with Gasteiger partial charge < -0.3 is 10.2 Å². The van der Waals surface area contributed by atoms with Crippen LogP contribution in [-0.4, -0.2) is 34.5 Å². The molecule has 0 bridgehead atoms. The molecule has 0 aliphatic carbocycles. The minimum atomic E-state index is -0.165. The van der Waals surface area contributed by atoms with E-state index in [1.54, 1.807) is 22.9 Å². The van der Waals surface area contributed by atoms with Crippen LogP contribution in [0.4, 0.5) is 0 Å². The first-order valence-corrected chi connectivity index (χ1v) is 9.96. The Labute approximate surface area is 158 Å². The Kier molecular flexibility index (Phi) is 6.28. The summed E-state index contributed by atoms with van der Waals surface area (Å²) in [5.41, 5.74) is 1.92. The fraction of sp³-hybridized carbons (Fsp3) is 0.350. The number of nitrogens with one attached hydrogen (secondary N) is 1. The maximum atomic E-state index is 12.5. The number of thioether (sulfide) groups is 1. The number of piperidine rings is 1. The molecule has 1 aromatic heterocycles. The van der Waals surface area contributed by atoms with Gasteiger partial charge in [-0.15, -0.1) is 11.8 Å². The first kappa shape index (κ1) is 18.5. The minimum absolute atomic E-state index is 0.0115. The number of carbonyl (C=O) groups is 2. The van der Waals surface area contributed by atoms with Crippen LogP contribution < -0.4 is 5.32 Å². The van der Waals surface area contributed by atoms with Crippen molar-refractivity contribution in [2.75, 3.05) is 12.8 Å². The molecular weight excluding hydrogens is 346 g/mol. The molecule has 2 heterocycles. The molecule has 0 radical (unpaired) electrons. The molecule has 26 heavy (non-hydrogen) atoms. The second-order valence-corrected chi connectivity index (χ2v) is 7.28.